The Bertz CT molecular complexity index is 423. The van der Waals surface area contributed by atoms with E-state index < -0.39 is 0 Å². The Balaban J connectivity index is 1.80. The van der Waals surface area contributed by atoms with Gasteiger partial charge in [-0.1, -0.05) is 12.1 Å². The Kier molecular flexibility index (Phi) is 2.48. The molecule has 84 valence electrons. The second-order valence-corrected chi connectivity index (χ2v) is 5.32. The van der Waals surface area contributed by atoms with Crippen molar-refractivity contribution in [1.82, 2.24) is 10.2 Å². The lowest BCUT2D eigenvalue weighted by Gasteiger charge is -2.29. The number of carbonyl (C=O) groups is 1. The van der Waals surface area contributed by atoms with Crippen LogP contribution in [0.25, 0.3) is 0 Å². The minimum atomic E-state index is 0.142. The number of amides is 1. The van der Waals surface area contributed by atoms with Crippen molar-refractivity contribution in [1.29, 1.82) is 0 Å². The number of carbonyl (C=O) groups excluding carboxylic acids is 1. The van der Waals surface area contributed by atoms with Crippen LogP contribution in [-0.4, -0.2) is 36.5 Å². The smallest absolute Gasteiger partial charge is 0.255 e. The molecule has 0 spiro atoms. The summed E-state index contributed by atoms with van der Waals surface area (Å²) in [7, 11) is 0. The molecule has 1 aromatic rings. The van der Waals surface area contributed by atoms with Crippen molar-refractivity contribution in [3.8, 4) is 0 Å². The predicted molar refractivity (Wildman–Crippen MR) is 65.3 cm³/mol. The Morgan fingerprint density at radius 1 is 1.38 bits per heavy atom. The summed E-state index contributed by atoms with van der Waals surface area (Å²) >= 11 is 3.43. The van der Waals surface area contributed by atoms with Gasteiger partial charge < -0.3 is 10.2 Å². The van der Waals surface area contributed by atoms with Crippen molar-refractivity contribution < 1.29 is 4.79 Å². The Morgan fingerprint density at radius 3 is 2.75 bits per heavy atom. The number of fused-ring (bicyclic) bond motifs is 1. The molecule has 4 heteroatoms. The van der Waals surface area contributed by atoms with Crippen molar-refractivity contribution in [3.05, 3.63) is 34.3 Å². The van der Waals surface area contributed by atoms with Crippen LogP contribution in [0.3, 0.4) is 0 Å². The Labute approximate surface area is 103 Å². The number of rotatable bonds is 1. The molecule has 0 bridgehead atoms. The Morgan fingerprint density at radius 2 is 2.19 bits per heavy atom. The molecule has 0 aromatic heterocycles. The van der Waals surface area contributed by atoms with Gasteiger partial charge in [-0.25, -0.2) is 0 Å². The van der Waals surface area contributed by atoms with Crippen LogP contribution in [0.1, 0.15) is 10.4 Å². The molecular formula is C12H13BrN2O. The summed E-state index contributed by atoms with van der Waals surface area (Å²) in [5.74, 6) is 0.815. The van der Waals surface area contributed by atoms with Crippen LogP contribution in [0.15, 0.2) is 28.7 Å². The first-order chi connectivity index (χ1) is 7.75. The van der Waals surface area contributed by atoms with Crippen molar-refractivity contribution in [2.45, 2.75) is 6.04 Å². The van der Waals surface area contributed by atoms with Gasteiger partial charge in [-0.3, -0.25) is 4.79 Å². The molecule has 2 atom stereocenters. The number of hydrogen-bond acceptors (Lipinski definition) is 2. The van der Waals surface area contributed by atoms with Crippen molar-refractivity contribution in [2.24, 2.45) is 5.92 Å². The van der Waals surface area contributed by atoms with Gasteiger partial charge in [-0.2, -0.15) is 0 Å². The van der Waals surface area contributed by atoms with Gasteiger partial charge in [0.05, 0.1) is 5.56 Å². The van der Waals surface area contributed by atoms with E-state index in [2.05, 4.69) is 21.2 Å². The molecular weight excluding hydrogens is 268 g/mol. The maximum Gasteiger partial charge on any atom is 0.255 e. The molecule has 2 saturated heterocycles. The van der Waals surface area contributed by atoms with E-state index in [1.54, 1.807) is 0 Å². The highest BCUT2D eigenvalue weighted by atomic mass is 79.9. The molecule has 1 aromatic carbocycles. The molecule has 0 radical (unpaired) electrons. The minimum absolute atomic E-state index is 0.142. The molecule has 0 aliphatic carbocycles. The fourth-order valence-corrected chi connectivity index (χ4v) is 2.88. The molecule has 16 heavy (non-hydrogen) atoms. The number of nitrogens with zero attached hydrogens (tertiary/aromatic N) is 1. The first-order valence-electron chi connectivity index (χ1n) is 5.53. The summed E-state index contributed by atoms with van der Waals surface area (Å²) < 4.78 is 0.882. The fraction of sp³-hybridized carbons (Fsp3) is 0.417. The number of halogens is 1. The summed E-state index contributed by atoms with van der Waals surface area (Å²) in [5, 5.41) is 3.35. The lowest BCUT2D eigenvalue weighted by Crippen LogP contribution is -2.51. The summed E-state index contributed by atoms with van der Waals surface area (Å²) in [6.45, 7) is 2.81. The lowest BCUT2D eigenvalue weighted by atomic mass is 9.96. The van der Waals surface area contributed by atoms with E-state index in [4.69, 9.17) is 0 Å². The molecule has 2 heterocycles. The van der Waals surface area contributed by atoms with Gasteiger partial charge in [0.2, 0.25) is 0 Å². The highest BCUT2D eigenvalue weighted by Crippen LogP contribution is 2.26. The van der Waals surface area contributed by atoms with Gasteiger partial charge in [-0.05, 0) is 28.1 Å². The highest BCUT2D eigenvalue weighted by molar-refractivity contribution is 9.10. The summed E-state index contributed by atoms with van der Waals surface area (Å²) in [5.41, 5.74) is 0.767. The second-order valence-electron chi connectivity index (χ2n) is 4.46. The monoisotopic (exact) mass is 280 g/mol. The second kappa shape index (κ2) is 3.86. The quantitative estimate of drug-likeness (QED) is 0.846. The first-order valence-corrected chi connectivity index (χ1v) is 6.32. The summed E-state index contributed by atoms with van der Waals surface area (Å²) in [6, 6.07) is 8.15. The van der Waals surface area contributed by atoms with E-state index in [-0.39, 0.29) is 5.91 Å². The molecule has 2 fully saturated rings. The molecule has 1 amide bonds. The third-order valence-corrected chi connectivity index (χ3v) is 4.17. The van der Waals surface area contributed by atoms with Crippen LogP contribution >= 0.6 is 15.9 Å². The molecule has 2 aliphatic rings. The largest absolute Gasteiger partial charge is 0.337 e. The molecule has 0 saturated carbocycles. The third-order valence-electron chi connectivity index (χ3n) is 3.47. The maximum atomic E-state index is 12.3. The van der Waals surface area contributed by atoms with E-state index in [0.717, 1.165) is 29.7 Å². The van der Waals surface area contributed by atoms with Gasteiger partial charge in [-0.15, -0.1) is 0 Å². The standard InChI is InChI=1S/C12H13BrN2O/c13-10-4-2-1-3-9(10)12(16)15-6-8-5-14-11(8)7-15/h1-4,8,11,14H,5-7H2. The normalized spacial score (nSPS) is 27.4. The molecule has 1 N–H and O–H groups in total. The van der Waals surface area contributed by atoms with Gasteiger partial charge in [0, 0.05) is 36.1 Å². The molecule has 3 nitrogen and oxygen atoms in total. The van der Waals surface area contributed by atoms with E-state index in [1.165, 1.54) is 0 Å². The van der Waals surface area contributed by atoms with E-state index in [9.17, 15) is 4.79 Å². The Hall–Kier alpha value is -0.870. The molecule has 3 rings (SSSR count). The van der Waals surface area contributed by atoms with Crippen LogP contribution in [-0.2, 0) is 0 Å². The summed E-state index contributed by atoms with van der Waals surface area (Å²) in [4.78, 5) is 14.2. The zero-order chi connectivity index (χ0) is 11.1. The molecule has 2 unspecified atom stereocenters. The molecule has 2 aliphatic heterocycles. The van der Waals surface area contributed by atoms with Gasteiger partial charge in [0.1, 0.15) is 0 Å². The first kappa shape index (κ1) is 10.3. The van der Waals surface area contributed by atoms with Crippen molar-refractivity contribution in [3.63, 3.8) is 0 Å². The van der Waals surface area contributed by atoms with Gasteiger partial charge >= 0.3 is 0 Å². The zero-order valence-electron chi connectivity index (χ0n) is 8.82. The van der Waals surface area contributed by atoms with Gasteiger partial charge in [0.15, 0.2) is 0 Å². The average molecular weight is 281 g/mol. The van der Waals surface area contributed by atoms with Crippen LogP contribution in [0.4, 0.5) is 0 Å². The lowest BCUT2D eigenvalue weighted by molar-refractivity contribution is 0.0788. The van der Waals surface area contributed by atoms with Crippen molar-refractivity contribution >= 4 is 21.8 Å². The zero-order valence-corrected chi connectivity index (χ0v) is 10.4. The number of nitrogens with one attached hydrogen (secondary N) is 1. The highest BCUT2D eigenvalue weighted by Gasteiger charge is 2.41. The SMILES string of the molecule is O=C(c1ccccc1Br)N1CC2CNC2C1. The van der Waals surface area contributed by atoms with E-state index >= 15 is 0 Å². The number of hydrogen-bond donors (Lipinski definition) is 1. The van der Waals surface area contributed by atoms with E-state index in [1.807, 2.05) is 29.2 Å². The predicted octanol–water partition coefficient (Wildman–Crippen LogP) is 1.49. The van der Waals surface area contributed by atoms with Crippen LogP contribution in [0.5, 0.6) is 0 Å². The average Bonchev–Trinajstić information content (AvgIpc) is 2.55. The van der Waals surface area contributed by atoms with Crippen LogP contribution in [0.2, 0.25) is 0 Å². The van der Waals surface area contributed by atoms with E-state index in [0.29, 0.717) is 12.0 Å². The minimum Gasteiger partial charge on any atom is -0.337 e. The van der Waals surface area contributed by atoms with Crippen LogP contribution < -0.4 is 5.32 Å². The maximum absolute atomic E-state index is 12.3. The fourth-order valence-electron chi connectivity index (χ4n) is 2.42. The third kappa shape index (κ3) is 1.57. The number of likely N-dealkylation sites (tertiary alicyclic amines) is 1. The van der Waals surface area contributed by atoms with Crippen molar-refractivity contribution in [2.75, 3.05) is 19.6 Å². The van der Waals surface area contributed by atoms with Gasteiger partial charge in [0.25, 0.3) is 5.91 Å². The topological polar surface area (TPSA) is 32.3 Å². The van der Waals surface area contributed by atoms with Crippen LogP contribution in [0, 0.1) is 5.92 Å². The number of benzene rings is 1. The summed E-state index contributed by atoms with van der Waals surface area (Å²) in [6.07, 6.45) is 0.